The second-order valence-corrected chi connectivity index (χ2v) is 3.71. The van der Waals surface area contributed by atoms with Gasteiger partial charge in [-0.15, -0.1) is 11.8 Å². The van der Waals surface area contributed by atoms with Crippen molar-refractivity contribution in [3.8, 4) is 0 Å². The van der Waals surface area contributed by atoms with Crippen molar-refractivity contribution in [1.82, 2.24) is 15.0 Å². The SMILES string of the molecule is Nc1nc(N)nc(NC2=CC=CSC=C2)n1. The maximum atomic E-state index is 5.46. The van der Waals surface area contributed by atoms with E-state index in [0.717, 1.165) is 5.70 Å². The number of allylic oxidation sites excluding steroid dienone is 3. The number of thioether (sulfide) groups is 1. The van der Waals surface area contributed by atoms with Gasteiger partial charge in [-0.05, 0) is 23.0 Å². The summed E-state index contributed by atoms with van der Waals surface area (Å²) >= 11 is 1.58. The van der Waals surface area contributed by atoms with Crippen LogP contribution in [0, 0.1) is 0 Å². The lowest BCUT2D eigenvalue weighted by atomic mass is 10.4. The van der Waals surface area contributed by atoms with Crippen LogP contribution in [0.25, 0.3) is 0 Å². The normalized spacial score (nSPS) is 14.4. The molecule has 16 heavy (non-hydrogen) atoms. The molecule has 0 aliphatic carbocycles. The molecular formula is C9H10N6S. The Balaban J connectivity index is 2.20. The Morgan fingerprint density at radius 2 is 1.81 bits per heavy atom. The zero-order valence-electron chi connectivity index (χ0n) is 8.29. The second kappa shape index (κ2) is 4.67. The maximum Gasteiger partial charge on any atom is 0.233 e. The van der Waals surface area contributed by atoms with Crippen LogP contribution in [0.3, 0.4) is 0 Å². The maximum absolute atomic E-state index is 5.46. The quantitative estimate of drug-likeness (QED) is 0.704. The second-order valence-electron chi connectivity index (χ2n) is 2.89. The first-order valence-corrected chi connectivity index (χ1v) is 5.41. The van der Waals surface area contributed by atoms with E-state index in [1.807, 2.05) is 29.0 Å². The topological polar surface area (TPSA) is 103 Å². The highest BCUT2D eigenvalue weighted by molar-refractivity contribution is 8.04. The Labute approximate surface area is 96.6 Å². The Hall–Kier alpha value is -2.02. The van der Waals surface area contributed by atoms with E-state index in [1.54, 1.807) is 11.8 Å². The molecule has 0 amide bonds. The number of nitrogens with two attached hydrogens (primary N) is 2. The molecule has 0 atom stereocenters. The zero-order valence-corrected chi connectivity index (χ0v) is 9.11. The molecule has 0 unspecified atom stereocenters. The van der Waals surface area contributed by atoms with Gasteiger partial charge in [0.1, 0.15) is 0 Å². The van der Waals surface area contributed by atoms with Gasteiger partial charge < -0.3 is 16.8 Å². The molecule has 7 heteroatoms. The molecule has 2 rings (SSSR count). The van der Waals surface area contributed by atoms with Crippen molar-refractivity contribution >= 4 is 29.6 Å². The molecule has 0 saturated carbocycles. The average molecular weight is 234 g/mol. The number of nitrogen functional groups attached to an aromatic ring is 2. The first kappa shape index (κ1) is 10.5. The number of hydrogen-bond acceptors (Lipinski definition) is 7. The van der Waals surface area contributed by atoms with Crippen molar-refractivity contribution in [2.75, 3.05) is 16.8 Å². The molecule has 5 N–H and O–H groups in total. The standard InChI is InChI=1S/C9H10N6S/c10-7-13-8(11)15-9(14-7)12-6-2-1-4-16-5-3-6/h1-5H,(H5,10,11,12,13,14,15). The van der Waals surface area contributed by atoms with Gasteiger partial charge in [0.15, 0.2) is 0 Å². The summed E-state index contributed by atoms with van der Waals surface area (Å²) in [7, 11) is 0. The van der Waals surface area contributed by atoms with Gasteiger partial charge in [0.25, 0.3) is 0 Å². The molecular weight excluding hydrogens is 224 g/mol. The number of anilines is 3. The summed E-state index contributed by atoms with van der Waals surface area (Å²) in [5.41, 5.74) is 11.8. The van der Waals surface area contributed by atoms with E-state index < -0.39 is 0 Å². The molecule has 6 nitrogen and oxygen atoms in total. The number of aromatic nitrogens is 3. The summed E-state index contributed by atoms with van der Waals surface area (Å²) < 4.78 is 0. The van der Waals surface area contributed by atoms with Gasteiger partial charge in [0.2, 0.25) is 17.8 Å². The van der Waals surface area contributed by atoms with Gasteiger partial charge in [-0.3, -0.25) is 0 Å². The predicted octanol–water partition coefficient (Wildman–Crippen LogP) is 1.11. The van der Waals surface area contributed by atoms with Gasteiger partial charge in [0, 0.05) is 5.70 Å². The zero-order chi connectivity index (χ0) is 11.4. The molecule has 0 bridgehead atoms. The molecule has 1 aromatic rings. The van der Waals surface area contributed by atoms with E-state index >= 15 is 0 Å². The largest absolute Gasteiger partial charge is 0.368 e. The van der Waals surface area contributed by atoms with Gasteiger partial charge in [-0.25, -0.2) is 0 Å². The molecule has 82 valence electrons. The fraction of sp³-hybridized carbons (Fsp3) is 0. The van der Waals surface area contributed by atoms with Crippen LogP contribution in [0.5, 0.6) is 0 Å². The molecule has 0 aromatic carbocycles. The van der Waals surface area contributed by atoms with Gasteiger partial charge in [0.05, 0.1) is 0 Å². The Morgan fingerprint density at radius 1 is 1.06 bits per heavy atom. The van der Waals surface area contributed by atoms with Crippen molar-refractivity contribution < 1.29 is 0 Å². The van der Waals surface area contributed by atoms with Crippen molar-refractivity contribution in [1.29, 1.82) is 0 Å². The highest BCUT2D eigenvalue weighted by Gasteiger charge is 2.02. The van der Waals surface area contributed by atoms with Crippen LogP contribution < -0.4 is 16.8 Å². The smallest absolute Gasteiger partial charge is 0.233 e. The third-order valence-corrected chi connectivity index (χ3v) is 2.29. The van der Waals surface area contributed by atoms with Crippen LogP contribution in [0.4, 0.5) is 17.8 Å². The van der Waals surface area contributed by atoms with Crippen molar-refractivity contribution in [2.24, 2.45) is 0 Å². The number of nitrogens with zero attached hydrogens (tertiary/aromatic N) is 3. The fourth-order valence-corrected chi connectivity index (χ4v) is 1.56. The average Bonchev–Trinajstić information content (AvgIpc) is 2.44. The van der Waals surface area contributed by atoms with E-state index in [4.69, 9.17) is 11.5 Å². The van der Waals surface area contributed by atoms with Gasteiger partial charge in [-0.2, -0.15) is 15.0 Å². The van der Waals surface area contributed by atoms with Crippen LogP contribution in [-0.4, -0.2) is 15.0 Å². The molecule has 0 saturated heterocycles. The summed E-state index contributed by atoms with van der Waals surface area (Å²) in [5, 5.41) is 6.89. The van der Waals surface area contributed by atoms with Crippen LogP contribution in [0.1, 0.15) is 0 Å². The summed E-state index contributed by atoms with van der Waals surface area (Å²) in [5.74, 6) is 0.525. The summed E-state index contributed by atoms with van der Waals surface area (Å²) in [6.07, 6.45) is 5.72. The van der Waals surface area contributed by atoms with Crippen LogP contribution in [-0.2, 0) is 0 Å². The highest BCUT2D eigenvalue weighted by Crippen LogP contribution is 2.14. The van der Waals surface area contributed by atoms with Crippen LogP contribution >= 0.6 is 11.8 Å². The first-order chi connectivity index (χ1) is 7.74. The summed E-state index contributed by atoms with van der Waals surface area (Å²) in [4.78, 5) is 11.5. The highest BCUT2D eigenvalue weighted by atomic mass is 32.2. The lowest BCUT2D eigenvalue weighted by molar-refractivity contribution is 1.08. The Kier molecular flexibility index (Phi) is 3.06. The van der Waals surface area contributed by atoms with E-state index in [2.05, 4.69) is 20.3 Å². The lowest BCUT2D eigenvalue weighted by Crippen LogP contribution is -2.08. The lowest BCUT2D eigenvalue weighted by Gasteiger charge is -2.05. The molecule has 0 radical (unpaired) electrons. The molecule has 0 fully saturated rings. The third kappa shape index (κ3) is 2.74. The van der Waals surface area contributed by atoms with Crippen LogP contribution in [0.15, 0.2) is 34.7 Å². The van der Waals surface area contributed by atoms with E-state index in [9.17, 15) is 0 Å². The number of rotatable bonds is 2. The van der Waals surface area contributed by atoms with Crippen molar-refractivity contribution in [3.05, 3.63) is 34.7 Å². The molecule has 1 aliphatic rings. The first-order valence-electron chi connectivity index (χ1n) is 4.47. The third-order valence-electron chi connectivity index (χ3n) is 1.69. The molecule has 1 aromatic heterocycles. The number of hydrogen-bond donors (Lipinski definition) is 3. The molecule has 0 spiro atoms. The minimum absolute atomic E-state index is 0.0955. The van der Waals surface area contributed by atoms with Crippen LogP contribution in [0.2, 0.25) is 0 Å². The Morgan fingerprint density at radius 3 is 2.56 bits per heavy atom. The van der Waals surface area contributed by atoms with E-state index in [1.165, 1.54) is 0 Å². The van der Waals surface area contributed by atoms with E-state index in [-0.39, 0.29) is 11.9 Å². The van der Waals surface area contributed by atoms with Crippen molar-refractivity contribution in [2.45, 2.75) is 0 Å². The predicted molar refractivity (Wildman–Crippen MR) is 66.2 cm³/mol. The number of nitrogens with one attached hydrogen (secondary N) is 1. The monoisotopic (exact) mass is 234 g/mol. The fourth-order valence-electron chi connectivity index (χ4n) is 1.08. The Bertz CT molecular complexity index is 459. The molecule has 2 heterocycles. The minimum Gasteiger partial charge on any atom is -0.368 e. The van der Waals surface area contributed by atoms with Gasteiger partial charge in [-0.1, -0.05) is 6.08 Å². The molecule has 1 aliphatic heterocycles. The summed E-state index contributed by atoms with van der Waals surface area (Å²) in [6.45, 7) is 0. The van der Waals surface area contributed by atoms with Crippen molar-refractivity contribution in [3.63, 3.8) is 0 Å². The van der Waals surface area contributed by atoms with Gasteiger partial charge >= 0.3 is 0 Å². The summed E-state index contributed by atoms with van der Waals surface area (Å²) in [6, 6.07) is 0. The van der Waals surface area contributed by atoms with E-state index in [0.29, 0.717) is 5.95 Å². The minimum atomic E-state index is 0.0955.